The molecule has 140 valence electrons. The van der Waals surface area contributed by atoms with Crippen LogP contribution in [-0.2, 0) is 14.8 Å². The molecule has 0 saturated heterocycles. The molecule has 0 unspecified atom stereocenters. The molecule has 9 heteroatoms. The highest BCUT2D eigenvalue weighted by molar-refractivity contribution is 7.89. The van der Waals surface area contributed by atoms with Gasteiger partial charge in [-0.25, -0.2) is 13.1 Å². The summed E-state index contributed by atoms with van der Waals surface area (Å²) in [6.07, 6.45) is 1.17. The van der Waals surface area contributed by atoms with E-state index >= 15 is 0 Å². The number of nitrogens with zero attached hydrogens (tertiary/aromatic N) is 1. The first-order chi connectivity index (χ1) is 12.3. The molecule has 1 heterocycles. The summed E-state index contributed by atoms with van der Waals surface area (Å²) in [6.45, 7) is 2.46. The van der Waals surface area contributed by atoms with E-state index in [9.17, 15) is 18.0 Å². The number of aromatic nitrogens is 1. The summed E-state index contributed by atoms with van der Waals surface area (Å²) in [5, 5.41) is 9.55. The number of fused-ring (bicyclic) bond motifs is 1. The Hall–Kier alpha value is -2.23. The summed E-state index contributed by atoms with van der Waals surface area (Å²) in [5.74, 6) is -0.884. The lowest BCUT2D eigenvalue weighted by atomic mass is 9.86. The quantitative estimate of drug-likeness (QED) is 0.653. The molecule has 0 spiro atoms. The minimum atomic E-state index is -3.68. The second-order valence-electron chi connectivity index (χ2n) is 6.47. The van der Waals surface area contributed by atoms with Gasteiger partial charge >= 0.3 is 5.97 Å². The van der Waals surface area contributed by atoms with Crippen molar-refractivity contribution in [3.05, 3.63) is 40.7 Å². The van der Waals surface area contributed by atoms with Crippen molar-refractivity contribution in [3.8, 4) is 0 Å². The number of hydrogen-bond acceptors (Lipinski definition) is 5. The molecule has 0 amide bonds. The van der Waals surface area contributed by atoms with Crippen molar-refractivity contribution < 1.29 is 18.3 Å². The van der Waals surface area contributed by atoms with E-state index in [1.54, 1.807) is 12.1 Å². The van der Waals surface area contributed by atoms with Gasteiger partial charge in [0.15, 0.2) is 0 Å². The predicted molar refractivity (Wildman–Crippen MR) is 96.6 cm³/mol. The summed E-state index contributed by atoms with van der Waals surface area (Å²) >= 11 is 0. The normalized spacial score (nSPS) is 20.2. The third-order valence-electron chi connectivity index (χ3n) is 4.70. The number of carbonyl (C=O) groups is 1. The van der Waals surface area contributed by atoms with Crippen LogP contribution in [0, 0.1) is 0 Å². The lowest BCUT2D eigenvalue weighted by Crippen LogP contribution is -2.54. The number of aliphatic carboxylic acids is 1. The highest BCUT2D eigenvalue weighted by atomic mass is 32.2. The van der Waals surface area contributed by atoms with E-state index < -0.39 is 16.0 Å². The Morgan fingerprint density at radius 1 is 1.31 bits per heavy atom. The number of pyridine rings is 1. The molecule has 3 N–H and O–H groups in total. The van der Waals surface area contributed by atoms with E-state index in [0.29, 0.717) is 30.3 Å². The molecule has 1 aliphatic rings. The van der Waals surface area contributed by atoms with E-state index in [-0.39, 0.29) is 29.1 Å². The second kappa shape index (κ2) is 7.18. The molecule has 0 bridgehead atoms. The van der Waals surface area contributed by atoms with Gasteiger partial charge in [-0.3, -0.25) is 14.5 Å². The summed E-state index contributed by atoms with van der Waals surface area (Å²) in [4.78, 5) is 26.8. The van der Waals surface area contributed by atoms with Crippen LogP contribution >= 0.6 is 0 Å². The molecule has 0 atom stereocenters. The molecule has 2 aromatic rings. The van der Waals surface area contributed by atoms with Crippen LogP contribution in [0.3, 0.4) is 0 Å². The van der Waals surface area contributed by atoms with Crippen molar-refractivity contribution in [1.29, 1.82) is 0 Å². The molecule has 3 rings (SSSR count). The third-order valence-corrected chi connectivity index (χ3v) is 6.22. The first kappa shape index (κ1) is 18.6. The maximum Gasteiger partial charge on any atom is 0.317 e. The molecule has 1 aromatic carbocycles. The largest absolute Gasteiger partial charge is 0.480 e. The number of sulfonamides is 1. The fraction of sp³-hybridized carbons (Fsp3) is 0.412. The minimum Gasteiger partial charge on any atom is -0.480 e. The molecule has 0 radical (unpaired) electrons. The third kappa shape index (κ3) is 3.95. The lowest BCUT2D eigenvalue weighted by Gasteiger charge is -2.42. The zero-order chi connectivity index (χ0) is 18.9. The van der Waals surface area contributed by atoms with Gasteiger partial charge in [0.25, 0.3) is 0 Å². The average molecular weight is 379 g/mol. The molecule has 26 heavy (non-hydrogen) atoms. The summed E-state index contributed by atoms with van der Waals surface area (Å²) in [5.41, 5.74) is 0.334. The molecule has 1 aliphatic carbocycles. The van der Waals surface area contributed by atoms with Crippen LogP contribution in [-0.4, -0.2) is 54.6 Å². The first-order valence-electron chi connectivity index (χ1n) is 8.40. The van der Waals surface area contributed by atoms with E-state index in [1.807, 2.05) is 11.8 Å². The SMILES string of the molecule is CCN(CC(=O)O)C1CC(NS(=O)(=O)c2ccc3[nH]c(=O)ccc3c2)C1. The second-order valence-corrected chi connectivity index (χ2v) is 8.19. The Bertz CT molecular complexity index is 979. The number of likely N-dealkylation sites (N-methyl/N-ethyl adjacent to an activating group) is 1. The average Bonchev–Trinajstić information content (AvgIpc) is 2.55. The van der Waals surface area contributed by atoms with Crippen molar-refractivity contribution in [3.63, 3.8) is 0 Å². The highest BCUT2D eigenvalue weighted by Crippen LogP contribution is 2.27. The van der Waals surface area contributed by atoms with Crippen LogP contribution in [0.1, 0.15) is 19.8 Å². The van der Waals surface area contributed by atoms with Crippen molar-refractivity contribution in [1.82, 2.24) is 14.6 Å². The van der Waals surface area contributed by atoms with Crippen molar-refractivity contribution >= 4 is 26.9 Å². The molecule has 1 saturated carbocycles. The van der Waals surface area contributed by atoms with Gasteiger partial charge in [0, 0.05) is 23.7 Å². The minimum absolute atomic E-state index is 0.0382. The Labute approximate surface area is 150 Å². The first-order valence-corrected chi connectivity index (χ1v) is 9.88. The number of rotatable bonds is 7. The molecule has 1 fully saturated rings. The number of nitrogens with one attached hydrogen (secondary N) is 2. The smallest absolute Gasteiger partial charge is 0.317 e. The van der Waals surface area contributed by atoms with Gasteiger partial charge in [0.2, 0.25) is 15.6 Å². The number of H-pyrrole nitrogens is 1. The number of carboxylic acid groups (broad SMARTS) is 1. The highest BCUT2D eigenvalue weighted by Gasteiger charge is 2.36. The zero-order valence-electron chi connectivity index (χ0n) is 14.3. The lowest BCUT2D eigenvalue weighted by molar-refractivity contribution is -0.139. The van der Waals surface area contributed by atoms with E-state index in [1.165, 1.54) is 18.2 Å². The molecule has 1 aromatic heterocycles. The van der Waals surface area contributed by atoms with E-state index in [4.69, 9.17) is 5.11 Å². The van der Waals surface area contributed by atoms with Gasteiger partial charge in [-0.1, -0.05) is 6.92 Å². The summed E-state index contributed by atoms with van der Waals surface area (Å²) in [6, 6.07) is 7.35. The van der Waals surface area contributed by atoms with Crippen molar-refractivity contribution in [2.45, 2.75) is 36.7 Å². The number of carboxylic acids is 1. The van der Waals surface area contributed by atoms with Crippen molar-refractivity contribution in [2.24, 2.45) is 0 Å². The molecule has 0 aliphatic heterocycles. The maximum atomic E-state index is 12.6. The van der Waals surface area contributed by atoms with Gasteiger partial charge in [0.05, 0.1) is 11.4 Å². The number of benzene rings is 1. The van der Waals surface area contributed by atoms with Crippen molar-refractivity contribution in [2.75, 3.05) is 13.1 Å². The zero-order valence-corrected chi connectivity index (χ0v) is 15.1. The van der Waals surface area contributed by atoms with Gasteiger partial charge in [0.1, 0.15) is 0 Å². The number of aromatic amines is 1. The van der Waals surface area contributed by atoms with Gasteiger partial charge in [-0.15, -0.1) is 0 Å². The van der Waals surface area contributed by atoms with Crippen LogP contribution < -0.4 is 10.3 Å². The summed E-state index contributed by atoms with van der Waals surface area (Å²) in [7, 11) is -3.68. The Morgan fingerprint density at radius 2 is 2.04 bits per heavy atom. The Kier molecular flexibility index (Phi) is 5.12. The van der Waals surface area contributed by atoms with Gasteiger partial charge in [-0.2, -0.15) is 0 Å². The Balaban J connectivity index is 1.68. The fourth-order valence-corrected chi connectivity index (χ4v) is 4.54. The van der Waals surface area contributed by atoms with Crippen LogP contribution in [0.4, 0.5) is 0 Å². The van der Waals surface area contributed by atoms with Crippen LogP contribution in [0.25, 0.3) is 10.9 Å². The maximum absolute atomic E-state index is 12.6. The molecular formula is C17H21N3O5S. The molecular weight excluding hydrogens is 358 g/mol. The fourth-order valence-electron chi connectivity index (χ4n) is 3.24. The van der Waals surface area contributed by atoms with Gasteiger partial charge < -0.3 is 10.1 Å². The van der Waals surface area contributed by atoms with Gasteiger partial charge in [-0.05, 0) is 49.0 Å². The monoisotopic (exact) mass is 379 g/mol. The topological polar surface area (TPSA) is 120 Å². The molecule has 8 nitrogen and oxygen atoms in total. The van der Waals surface area contributed by atoms with Crippen LogP contribution in [0.2, 0.25) is 0 Å². The van der Waals surface area contributed by atoms with E-state index in [0.717, 1.165) is 0 Å². The Morgan fingerprint density at radius 3 is 2.69 bits per heavy atom. The summed E-state index contributed by atoms with van der Waals surface area (Å²) < 4.78 is 27.8. The van der Waals surface area contributed by atoms with E-state index in [2.05, 4.69) is 9.71 Å². The van der Waals surface area contributed by atoms with Crippen LogP contribution in [0.15, 0.2) is 40.0 Å². The van der Waals surface area contributed by atoms with Crippen LogP contribution in [0.5, 0.6) is 0 Å². The predicted octanol–water partition coefficient (Wildman–Crippen LogP) is 0.744. The standard InChI is InChI=1S/C17H21N3O5S/c1-2-20(10-17(22)23)13-8-12(9-13)19-26(24,25)14-4-5-15-11(7-14)3-6-16(21)18-15/h3-7,12-13,19H,2,8-10H2,1H3,(H,18,21)(H,22,23). The number of hydrogen-bond donors (Lipinski definition) is 3.